The van der Waals surface area contributed by atoms with Crippen LogP contribution >= 0.6 is 0 Å². The van der Waals surface area contributed by atoms with E-state index in [1.165, 1.54) is 15.9 Å². The van der Waals surface area contributed by atoms with Crippen LogP contribution in [0.1, 0.15) is 37.0 Å². The average Bonchev–Trinajstić information content (AvgIpc) is 3.64. The van der Waals surface area contributed by atoms with Crippen LogP contribution in [0.2, 0.25) is 0 Å². The molecule has 3 fully saturated rings. The molecule has 0 saturated carbocycles. The van der Waals surface area contributed by atoms with E-state index in [-0.39, 0.29) is 48.8 Å². The first-order valence-electron chi connectivity index (χ1n) is 14.0. The monoisotopic (exact) mass is 551 g/mol. The molecule has 11 nitrogen and oxygen atoms in total. The maximum Gasteiger partial charge on any atom is 0.343 e. The van der Waals surface area contributed by atoms with E-state index in [0.29, 0.717) is 18.4 Å². The van der Waals surface area contributed by atoms with Crippen LogP contribution in [0.4, 0.5) is 5.69 Å². The number of anilines is 1. The van der Waals surface area contributed by atoms with E-state index < -0.39 is 30.0 Å². The van der Waals surface area contributed by atoms with Gasteiger partial charge >= 0.3 is 5.97 Å². The molecule has 11 heteroatoms. The lowest BCUT2D eigenvalue weighted by atomic mass is 10.0. The lowest BCUT2D eigenvalue weighted by molar-refractivity contribution is -0.140. The molecule has 3 unspecified atom stereocenters. The molecule has 1 N–H and O–H groups in total. The number of piperazine rings is 1. The van der Waals surface area contributed by atoms with Gasteiger partial charge in [-0.3, -0.25) is 19.2 Å². The standard InChI is InChI=1S/C29H37N5O6/c1-18(2)16-22(30-26(36)19-4-6-20(7-5-19)32-13-11-31(3)12-14-32)28(38)33-10-8-23-25(33)24(35)17-34(23)27(37)21-9-15-40-29(21)39/h4-7,9,18,22-23,25H,8,10-17H2,1-3H3,(H,30,36). The van der Waals surface area contributed by atoms with Crippen LogP contribution in [0.3, 0.4) is 0 Å². The number of nitrogens with zero attached hydrogens (tertiary/aromatic N) is 4. The highest BCUT2D eigenvalue weighted by molar-refractivity contribution is 6.18. The number of hydrogen-bond acceptors (Lipinski definition) is 8. The number of hydrogen-bond donors (Lipinski definition) is 1. The lowest BCUT2D eigenvalue weighted by Crippen LogP contribution is -2.53. The van der Waals surface area contributed by atoms with Gasteiger partial charge in [-0.1, -0.05) is 13.8 Å². The summed E-state index contributed by atoms with van der Waals surface area (Å²) < 4.78 is 4.85. The Hall–Kier alpha value is -3.73. The van der Waals surface area contributed by atoms with Gasteiger partial charge in [-0.05, 0) is 56.1 Å². The second-order valence-electron chi connectivity index (χ2n) is 11.4. The second-order valence-corrected chi connectivity index (χ2v) is 11.4. The van der Waals surface area contributed by atoms with Crippen molar-refractivity contribution in [1.82, 2.24) is 20.0 Å². The van der Waals surface area contributed by atoms with Crippen LogP contribution in [-0.2, 0) is 23.9 Å². The molecule has 0 bridgehead atoms. The van der Waals surface area contributed by atoms with Gasteiger partial charge in [-0.15, -0.1) is 0 Å². The summed E-state index contributed by atoms with van der Waals surface area (Å²) in [7, 11) is 2.10. The number of benzene rings is 1. The number of cyclic esters (lactones) is 1. The Bertz CT molecular complexity index is 1220. The third kappa shape index (κ3) is 5.47. The summed E-state index contributed by atoms with van der Waals surface area (Å²) in [5.74, 6) is -2.03. The number of likely N-dealkylation sites (tertiary alicyclic amines) is 2. The van der Waals surface area contributed by atoms with E-state index in [9.17, 15) is 24.0 Å². The Morgan fingerprint density at radius 3 is 2.33 bits per heavy atom. The van der Waals surface area contributed by atoms with Crippen LogP contribution in [0.15, 0.2) is 35.9 Å². The highest BCUT2D eigenvalue weighted by Crippen LogP contribution is 2.32. The number of Topliss-reactive ketones (excluding diaryl/α,β-unsaturated/α-hetero) is 1. The molecule has 4 heterocycles. The maximum absolute atomic E-state index is 13.8. The van der Waals surface area contributed by atoms with Crippen LogP contribution in [0, 0.1) is 5.92 Å². The fourth-order valence-electron chi connectivity index (χ4n) is 6.05. The van der Waals surface area contributed by atoms with Crippen molar-refractivity contribution < 1.29 is 28.7 Å². The first-order chi connectivity index (χ1) is 19.1. The van der Waals surface area contributed by atoms with Gasteiger partial charge in [-0.2, -0.15) is 0 Å². The summed E-state index contributed by atoms with van der Waals surface area (Å²) in [6, 6.07) is 5.32. The van der Waals surface area contributed by atoms with E-state index in [4.69, 9.17) is 4.74 Å². The minimum atomic E-state index is -0.811. The summed E-state index contributed by atoms with van der Waals surface area (Å²) in [5.41, 5.74) is 1.45. The Labute approximate surface area is 234 Å². The fourth-order valence-corrected chi connectivity index (χ4v) is 6.05. The van der Waals surface area contributed by atoms with Crippen molar-refractivity contribution in [2.75, 3.05) is 57.8 Å². The number of rotatable bonds is 7. The van der Waals surface area contributed by atoms with Gasteiger partial charge in [0.15, 0.2) is 5.78 Å². The van der Waals surface area contributed by atoms with Gasteiger partial charge in [0.1, 0.15) is 24.3 Å². The molecule has 0 aromatic heterocycles. The van der Waals surface area contributed by atoms with Crippen LogP contribution < -0.4 is 10.2 Å². The molecule has 5 rings (SSSR count). The molecule has 214 valence electrons. The fraction of sp³-hybridized carbons (Fsp3) is 0.552. The first kappa shape index (κ1) is 27.8. The summed E-state index contributed by atoms with van der Waals surface area (Å²) >= 11 is 0. The lowest BCUT2D eigenvalue weighted by Gasteiger charge is -2.34. The maximum atomic E-state index is 13.8. The molecule has 3 saturated heterocycles. The zero-order chi connectivity index (χ0) is 28.6. The Morgan fingerprint density at radius 1 is 1.00 bits per heavy atom. The number of carbonyl (C=O) groups is 5. The molecule has 40 heavy (non-hydrogen) atoms. The molecular weight excluding hydrogens is 514 g/mol. The molecule has 0 radical (unpaired) electrons. The van der Waals surface area contributed by atoms with Gasteiger partial charge in [0.05, 0.1) is 12.6 Å². The molecule has 1 aromatic carbocycles. The van der Waals surface area contributed by atoms with E-state index in [0.717, 1.165) is 31.9 Å². The van der Waals surface area contributed by atoms with Gasteiger partial charge in [-0.25, -0.2) is 4.79 Å². The molecule has 3 atom stereocenters. The number of carbonyl (C=O) groups excluding carboxylic acids is 5. The number of nitrogens with one attached hydrogen (secondary N) is 1. The average molecular weight is 552 g/mol. The molecule has 4 aliphatic rings. The quantitative estimate of drug-likeness (QED) is 0.383. The largest absolute Gasteiger partial charge is 0.458 e. The molecular formula is C29H37N5O6. The normalized spacial score (nSPS) is 23.8. The number of amides is 3. The topological polar surface area (TPSA) is 120 Å². The number of fused-ring (bicyclic) bond motifs is 1. The molecule has 4 aliphatic heterocycles. The predicted molar refractivity (Wildman–Crippen MR) is 147 cm³/mol. The Morgan fingerprint density at radius 2 is 1.70 bits per heavy atom. The number of esters is 1. The van der Waals surface area contributed by atoms with Gasteiger partial charge in [0.2, 0.25) is 5.91 Å². The van der Waals surface area contributed by atoms with Crippen molar-refractivity contribution in [3.63, 3.8) is 0 Å². The molecule has 0 spiro atoms. The van der Waals surface area contributed by atoms with E-state index >= 15 is 0 Å². The third-order valence-corrected chi connectivity index (χ3v) is 8.23. The van der Waals surface area contributed by atoms with Crippen molar-refractivity contribution in [3.05, 3.63) is 41.5 Å². The van der Waals surface area contributed by atoms with Crippen LogP contribution in [0.5, 0.6) is 0 Å². The van der Waals surface area contributed by atoms with E-state index in [1.807, 2.05) is 26.0 Å². The van der Waals surface area contributed by atoms with Crippen molar-refractivity contribution in [2.45, 2.75) is 44.8 Å². The summed E-state index contributed by atoms with van der Waals surface area (Å²) in [5, 5.41) is 2.91. The van der Waals surface area contributed by atoms with Crippen LogP contribution in [0.25, 0.3) is 0 Å². The Kier molecular flexibility index (Phi) is 7.93. The minimum absolute atomic E-state index is 0.0373. The van der Waals surface area contributed by atoms with Crippen molar-refractivity contribution in [1.29, 1.82) is 0 Å². The first-order valence-corrected chi connectivity index (χ1v) is 14.0. The van der Waals surface area contributed by atoms with Crippen molar-refractivity contribution >= 4 is 35.2 Å². The highest BCUT2D eigenvalue weighted by Gasteiger charge is 2.53. The smallest absolute Gasteiger partial charge is 0.343 e. The van der Waals surface area contributed by atoms with Gasteiger partial charge in [0, 0.05) is 44.0 Å². The summed E-state index contributed by atoms with van der Waals surface area (Å²) in [6.07, 6.45) is 2.26. The third-order valence-electron chi connectivity index (χ3n) is 8.23. The van der Waals surface area contributed by atoms with Crippen molar-refractivity contribution in [2.24, 2.45) is 5.92 Å². The molecule has 1 aromatic rings. The minimum Gasteiger partial charge on any atom is -0.458 e. The zero-order valence-electron chi connectivity index (χ0n) is 23.3. The number of likely N-dealkylation sites (N-methyl/N-ethyl adjacent to an activating group) is 1. The molecule has 3 amide bonds. The Balaban J connectivity index is 1.26. The highest BCUT2D eigenvalue weighted by atomic mass is 16.5. The van der Waals surface area contributed by atoms with E-state index in [2.05, 4.69) is 22.2 Å². The zero-order valence-corrected chi connectivity index (χ0v) is 23.3. The SMILES string of the molecule is CC(C)CC(NC(=O)c1ccc(N2CCN(C)CC2)cc1)C(=O)N1CCC2C1C(=O)CN2C(=O)C1=CCOC1=O. The second kappa shape index (κ2) is 11.4. The van der Waals surface area contributed by atoms with Gasteiger partial charge in [0.25, 0.3) is 11.8 Å². The molecule has 0 aliphatic carbocycles. The summed E-state index contributed by atoms with van der Waals surface area (Å²) in [4.78, 5) is 72.4. The van der Waals surface area contributed by atoms with Crippen LogP contribution in [-0.4, -0.2) is 115 Å². The number of ether oxygens (including phenoxy) is 1. The van der Waals surface area contributed by atoms with Crippen molar-refractivity contribution in [3.8, 4) is 0 Å². The van der Waals surface area contributed by atoms with Gasteiger partial charge < -0.3 is 29.7 Å². The van der Waals surface area contributed by atoms with E-state index in [1.54, 1.807) is 12.1 Å². The summed E-state index contributed by atoms with van der Waals surface area (Å²) in [6.45, 7) is 7.93. The number of ketones is 1. The predicted octanol–water partition coefficient (Wildman–Crippen LogP) is 0.447.